The number of nitrogens with zero attached hydrogens (tertiary/aromatic N) is 1. The molecule has 0 aromatic heterocycles. The first-order chi connectivity index (χ1) is 9.02. The predicted molar refractivity (Wildman–Crippen MR) is 60.7 cm³/mol. The van der Waals surface area contributed by atoms with Crippen molar-refractivity contribution >= 4 is 11.4 Å². The molecule has 2 rings (SSSR count). The van der Waals surface area contributed by atoms with E-state index < -0.39 is 29.0 Å². The Kier molecular flexibility index (Phi) is 3.38. The van der Waals surface area contributed by atoms with Gasteiger partial charge in [0.1, 0.15) is 29.0 Å². The number of nitriles is 1. The van der Waals surface area contributed by atoms with Crippen molar-refractivity contribution in [2.75, 3.05) is 5.32 Å². The fourth-order valence-corrected chi connectivity index (χ4v) is 1.54. The molecule has 0 heterocycles. The lowest BCUT2D eigenvalue weighted by Crippen LogP contribution is -2.01. The van der Waals surface area contributed by atoms with Crippen molar-refractivity contribution < 1.29 is 17.6 Å². The van der Waals surface area contributed by atoms with Crippen LogP contribution >= 0.6 is 0 Å². The van der Waals surface area contributed by atoms with E-state index >= 15 is 0 Å². The maximum absolute atomic E-state index is 13.4. The molecule has 0 amide bonds. The van der Waals surface area contributed by atoms with Crippen molar-refractivity contribution in [1.82, 2.24) is 0 Å². The minimum absolute atomic E-state index is 0.105. The first kappa shape index (κ1) is 12.9. The molecule has 96 valence electrons. The van der Waals surface area contributed by atoms with E-state index in [0.717, 1.165) is 6.07 Å². The molecule has 0 unspecified atom stereocenters. The summed E-state index contributed by atoms with van der Waals surface area (Å²) >= 11 is 0. The van der Waals surface area contributed by atoms with Crippen LogP contribution in [0.1, 0.15) is 5.56 Å². The highest BCUT2D eigenvalue weighted by Gasteiger charge is 2.14. The van der Waals surface area contributed by atoms with Gasteiger partial charge >= 0.3 is 0 Å². The Morgan fingerprint density at radius 2 is 1.58 bits per heavy atom. The Balaban J connectivity index is 2.49. The molecule has 6 heteroatoms. The fourth-order valence-electron chi connectivity index (χ4n) is 1.54. The molecule has 0 aliphatic rings. The van der Waals surface area contributed by atoms with E-state index in [1.807, 2.05) is 0 Å². The number of nitrogens with one attached hydrogen (secondary N) is 1. The Morgan fingerprint density at radius 1 is 0.947 bits per heavy atom. The van der Waals surface area contributed by atoms with Gasteiger partial charge in [0.05, 0.1) is 5.69 Å². The molecule has 0 atom stereocenters. The van der Waals surface area contributed by atoms with Crippen molar-refractivity contribution in [2.45, 2.75) is 0 Å². The summed E-state index contributed by atoms with van der Waals surface area (Å²) in [5.41, 5.74) is -1.14. The highest BCUT2D eigenvalue weighted by molar-refractivity contribution is 5.67. The molecular weight excluding hydrogens is 260 g/mol. The largest absolute Gasteiger partial charge is 0.350 e. The summed E-state index contributed by atoms with van der Waals surface area (Å²) < 4.78 is 52.9. The second kappa shape index (κ2) is 4.98. The van der Waals surface area contributed by atoms with E-state index in [9.17, 15) is 17.6 Å². The second-order valence-corrected chi connectivity index (χ2v) is 3.64. The number of hydrogen-bond donors (Lipinski definition) is 1. The molecular formula is C13H6F4N2. The van der Waals surface area contributed by atoms with Crippen molar-refractivity contribution in [1.29, 1.82) is 5.26 Å². The van der Waals surface area contributed by atoms with Crippen molar-refractivity contribution in [2.24, 2.45) is 0 Å². The second-order valence-electron chi connectivity index (χ2n) is 3.64. The fraction of sp³-hybridized carbons (Fsp3) is 0. The third-order valence-electron chi connectivity index (χ3n) is 2.39. The van der Waals surface area contributed by atoms with Crippen molar-refractivity contribution in [3.05, 3.63) is 59.2 Å². The van der Waals surface area contributed by atoms with Crippen LogP contribution in [0, 0.1) is 34.6 Å². The quantitative estimate of drug-likeness (QED) is 0.838. The Bertz CT molecular complexity index is 654. The van der Waals surface area contributed by atoms with E-state index in [-0.39, 0.29) is 11.3 Å². The number of anilines is 2. The van der Waals surface area contributed by atoms with Crippen molar-refractivity contribution in [3.63, 3.8) is 0 Å². The van der Waals surface area contributed by atoms with Crippen LogP contribution in [0.15, 0.2) is 30.3 Å². The molecule has 2 aromatic carbocycles. The lowest BCUT2D eigenvalue weighted by molar-refractivity contribution is 0.549. The maximum Gasteiger partial charge on any atom is 0.152 e. The number of rotatable bonds is 2. The first-order valence-electron chi connectivity index (χ1n) is 5.13. The zero-order chi connectivity index (χ0) is 14.0. The summed E-state index contributed by atoms with van der Waals surface area (Å²) in [6.07, 6.45) is 0. The number of hydrogen-bond acceptors (Lipinski definition) is 2. The maximum atomic E-state index is 13.4. The molecule has 2 aromatic rings. The first-order valence-corrected chi connectivity index (χ1v) is 5.13. The van der Waals surface area contributed by atoms with E-state index in [4.69, 9.17) is 5.26 Å². The van der Waals surface area contributed by atoms with E-state index in [1.54, 1.807) is 6.07 Å². The van der Waals surface area contributed by atoms with E-state index in [1.165, 1.54) is 12.1 Å². The lowest BCUT2D eigenvalue weighted by atomic mass is 10.1. The Labute approximate surface area is 105 Å². The van der Waals surface area contributed by atoms with Crippen LogP contribution in [0.25, 0.3) is 0 Å². The summed E-state index contributed by atoms with van der Waals surface area (Å²) in [5.74, 6) is -4.24. The molecule has 0 fully saturated rings. The van der Waals surface area contributed by atoms with Gasteiger partial charge in [-0.15, -0.1) is 0 Å². The van der Waals surface area contributed by atoms with Crippen LogP contribution < -0.4 is 5.32 Å². The molecule has 0 saturated heterocycles. The summed E-state index contributed by atoms with van der Waals surface area (Å²) in [4.78, 5) is 0. The monoisotopic (exact) mass is 266 g/mol. The molecule has 0 aliphatic heterocycles. The van der Waals surface area contributed by atoms with Gasteiger partial charge in [-0.3, -0.25) is 0 Å². The summed E-state index contributed by atoms with van der Waals surface area (Å²) in [6, 6.07) is 6.14. The normalized spacial score (nSPS) is 10.1. The highest BCUT2D eigenvalue weighted by Crippen LogP contribution is 2.27. The zero-order valence-corrected chi connectivity index (χ0v) is 9.35. The summed E-state index contributed by atoms with van der Waals surface area (Å²) in [7, 11) is 0. The molecule has 0 aliphatic carbocycles. The van der Waals surface area contributed by atoms with Crippen LogP contribution in [0.2, 0.25) is 0 Å². The van der Waals surface area contributed by atoms with Gasteiger partial charge in [-0.2, -0.15) is 5.26 Å². The highest BCUT2D eigenvalue weighted by atomic mass is 19.1. The molecule has 0 saturated carbocycles. The molecule has 2 nitrogen and oxygen atoms in total. The van der Waals surface area contributed by atoms with Gasteiger partial charge in [0, 0.05) is 12.1 Å². The van der Waals surface area contributed by atoms with Gasteiger partial charge in [-0.05, 0) is 12.1 Å². The van der Waals surface area contributed by atoms with Crippen LogP contribution in [0.4, 0.5) is 28.9 Å². The van der Waals surface area contributed by atoms with Crippen LogP contribution in [-0.2, 0) is 0 Å². The summed E-state index contributed by atoms with van der Waals surface area (Å²) in [5, 5.41) is 11.0. The Hall–Kier alpha value is -2.55. The number of halogens is 4. The van der Waals surface area contributed by atoms with Gasteiger partial charge < -0.3 is 5.32 Å². The Morgan fingerprint density at radius 3 is 2.16 bits per heavy atom. The van der Waals surface area contributed by atoms with Crippen LogP contribution in [-0.4, -0.2) is 0 Å². The number of benzene rings is 2. The SMILES string of the molecule is N#Cc1c(F)cccc1Nc1c(F)cc(F)cc1F. The predicted octanol–water partition coefficient (Wildman–Crippen LogP) is 3.86. The van der Waals surface area contributed by atoms with Gasteiger partial charge in [-0.1, -0.05) is 6.07 Å². The minimum atomic E-state index is -1.18. The molecule has 0 bridgehead atoms. The average molecular weight is 266 g/mol. The third kappa shape index (κ3) is 2.50. The van der Waals surface area contributed by atoms with Crippen LogP contribution in [0.3, 0.4) is 0 Å². The molecule has 0 radical (unpaired) electrons. The van der Waals surface area contributed by atoms with E-state index in [0.29, 0.717) is 12.1 Å². The van der Waals surface area contributed by atoms with Gasteiger partial charge in [0.25, 0.3) is 0 Å². The molecule has 19 heavy (non-hydrogen) atoms. The van der Waals surface area contributed by atoms with Gasteiger partial charge in [0.15, 0.2) is 11.6 Å². The molecule has 1 N–H and O–H groups in total. The van der Waals surface area contributed by atoms with Gasteiger partial charge in [-0.25, -0.2) is 17.6 Å². The van der Waals surface area contributed by atoms with Crippen molar-refractivity contribution in [3.8, 4) is 6.07 Å². The van der Waals surface area contributed by atoms with Gasteiger partial charge in [0.2, 0.25) is 0 Å². The van der Waals surface area contributed by atoms with E-state index in [2.05, 4.69) is 5.32 Å². The third-order valence-corrected chi connectivity index (χ3v) is 2.39. The smallest absolute Gasteiger partial charge is 0.152 e. The standard InChI is InChI=1S/C13H6F4N2/c14-7-4-10(16)13(11(17)5-7)19-12-3-1-2-9(15)8(12)6-18/h1-5,19H. The van der Waals surface area contributed by atoms with Crippen LogP contribution in [0.5, 0.6) is 0 Å². The molecule has 0 spiro atoms. The zero-order valence-electron chi connectivity index (χ0n) is 9.35. The summed E-state index contributed by atoms with van der Waals surface area (Å²) in [6.45, 7) is 0. The lowest BCUT2D eigenvalue weighted by Gasteiger charge is -2.10. The topological polar surface area (TPSA) is 35.8 Å². The average Bonchev–Trinajstić information content (AvgIpc) is 2.34. The minimum Gasteiger partial charge on any atom is -0.350 e.